The highest BCUT2D eigenvalue weighted by Crippen LogP contribution is 2.30. The first-order valence-electron chi connectivity index (χ1n) is 9.03. The van der Waals surface area contributed by atoms with E-state index in [9.17, 15) is 18.0 Å². The van der Waals surface area contributed by atoms with Gasteiger partial charge in [-0.3, -0.25) is 4.79 Å². The van der Waals surface area contributed by atoms with Crippen LogP contribution in [-0.2, 0) is 11.0 Å². The van der Waals surface area contributed by atoms with E-state index in [1.165, 1.54) is 11.8 Å². The molecule has 6 nitrogen and oxygen atoms in total. The van der Waals surface area contributed by atoms with Crippen LogP contribution < -0.4 is 4.90 Å². The molecule has 0 atom stereocenters. The third-order valence-corrected chi connectivity index (χ3v) is 5.84. The monoisotopic (exact) mass is 421 g/mol. The summed E-state index contributed by atoms with van der Waals surface area (Å²) in [4.78, 5) is 27.5. The molecule has 0 unspecified atom stereocenters. The average molecular weight is 421 g/mol. The maximum absolute atomic E-state index is 12.8. The summed E-state index contributed by atoms with van der Waals surface area (Å²) in [6.45, 7) is 1.74. The summed E-state index contributed by atoms with van der Waals surface area (Å²) in [5.41, 5.74) is 0.0651. The molecule has 2 aromatic heterocycles. The van der Waals surface area contributed by atoms with E-state index in [1.807, 2.05) is 30.5 Å². The summed E-state index contributed by atoms with van der Waals surface area (Å²) in [7, 11) is 0. The largest absolute Gasteiger partial charge is 0.433 e. The molecule has 4 rings (SSSR count). The van der Waals surface area contributed by atoms with Crippen molar-refractivity contribution in [1.82, 2.24) is 19.9 Å². The summed E-state index contributed by atoms with van der Waals surface area (Å²) in [6.07, 6.45) is -1.68. The number of alkyl halides is 3. The summed E-state index contributed by atoms with van der Waals surface area (Å²) in [5.74, 6) is 0.555. The van der Waals surface area contributed by atoms with Crippen molar-refractivity contribution in [2.45, 2.75) is 11.1 Å². The molecule has 0 spiro atoms. The molecule has 1 fully saturated rings. The third kappa shape index (κ3) is 4.31. The van der Waals surface area contributed by atoms with Crippen LogP contribution in [0.4, 0.5) is 19.0 Å². The quantitative estimate of drug-likeness (QED) is 0.654. The number of carbonyl (C=O) groups excluding carboxylic acids is 1. The van der Waals surface area contributed by atoms with Crippen LogP contribution in [0.5, 0.6) is 0 Å². The van der Waals surface area contributed by atoms with E-state index in [0.29, 0.717) is 31.9 Å². The van der Waals surface area contributed by atoms with Crippen molar-refractivity contribution in [2.75, 3.05) is 36.8 Å². The Morgan fingerprint density at radius 3 is 2.66 bits per heavy atom. The zero-order valence-corrected chi connectivity index (χ0v) is 16.1. The van der Waals surface area contributed by atoms with Crippen LogP contribution in [0.3, 0.4) is 0 Å². The zero-order chi connectivity index (χ0) is 20.4. The molecular weight excluding hydrogens is 403 g/mol. The summed E-state index contributed by atoms with van der Waals surface area (Å²) >= 11 is 1.48. The maximum Gasteiger partial charge on any atom is 0.433 e. The number of aromatic nitrogens is 3. The lowest BCUT2D eigenvalue weighted by Crippen LogP contribution is -2.49. The van der Waals surface area contributed by atoms with Crippen molar-refractivity contribution in [1.29, 1.82) is 0 Å². The molecule has 29 heavy (non-hydrogen) atoms. The molecule has 1 N–H and O–H groups in total. The number of piperazine rings is 1. The summed E-state index contributed by atoms with van der Waals surface area (Å²) in [5, 5.41) is 1.08. The Bertz CT molecular complexity index is 1010. The fourth-order valence-electron chi connectivity index (χ4n) is 3.26. The highest BCUT2D eigenvalue weighted by Gasteiger charge is 2.33. The number of nitrogens with one attached hydrogen (secondary N) is 1. The van der Waals surface area contributed by atoms with Gasteiger partial charge < -0.3 is 14.8 Å². The van der Waals surface area contributed by atoms with Crippen molar-refractivity contribution in [2.24, 2.45) is 0 Å². The molecule has 0 radical (unpaired) electrons. The highest BCUT2D eigenvalue weighted by atomic mass is 32.2. The van der Waals surface area contributed by atoms with Gasteiger partial charge in [0, 0.05) is 54.2 Å². The van der Waals surface area contributed by atoms with Crippen molar-refractivity contribution in [3.63, 3.8) is 0 Å². The van der Waals surface area contributed by atoms with Crippen LogP contribution in [0.25, 0.3) is 10.9 Å². The first-order chi connectivity index (χ1) is 13.9. The summed E-state index contributed by atoms with van der Waals surface area (Å²) < 4.78 is 38.5. The van der Waals surface area contributed by atoms with Gasteiger partial charge in [-0.2, -0.15) is 13.2 Å². The Morgan fingerprint density at radius 2 is 1.90 bits per heavy atom. The number of fused-ring (bicyclic) bond motifs is 1. The fourth-order valence-corrected chi connectivity index (χ4v) is 4.19. The van der Waals surface area contributed by atoms with Crippen LogP contribution in [-0.4, -0.2) is 57.7 Å². The predicted molar refractivity (Wildman–Crippen MR) is 105 cm³/mol. The predicted octanol–water partition coefficient (Wildman–Crippen LogP) is 3.42. The van der Waals surface area contributed by atoms with E-state index in [1.54, 1.807) is 9.80 Å². The minimum absolute atomic E-state index is 0.0126. The molecule has 152 valence electrons. The topological polar surface area (TPSA) is 65.1 Å². The smallest absolute Gasteiger partial charge is 0.360 e. The molecule has 1 amide bonds. The Balaban J connectivity index is 1.33. The van der Waals surface area contributed by atoms with E-state index >= 15 is 0 Å². The lowest BCUT2D eigenvalue weighted by atomic mass is 10.2. The molecule has 0 saturated carbocycles. The second-order valence-corrected chi connectivity index (χ2v) is 7.63. The first kappa shape index (κ1) is 19.6. The van der Waals surface area contributed by atoms with Crippen molar-refractivity contribution < 1.29 is 18.0 Å². The second-order valence-electron chi connectivity index (χ2n) is 6.61. The first-order valence-corrected chi connectivity index (χ1v) is 10.0. The van der Waals surface area contributed by atoms with Gasteiger partial charge in [-0.1, -0.05) is 18.2 Å². The number of nitrogens with zero attached hydrogens (tertiary/aromatic N) is 4. The molecular formula is C19H18F3N5OS. The third-order valence-electron chi connectivity index (χ3n) is 4.80. The number of hydrogen-bond donors (Lipinski definition) is 1. The second kappa shape index (κ2) is 7.94. The Morgan fingerprint density at radius 1 is 1.14 bits per heavy atom. The van der Waals surface area contributed by atoms with Crippen molar-refractivity contribution >= 4 is 34.4 Å². The number of thioether (sulfide) groups is 1. The van der Waals surface area contributed by atoms with Crippen LogP contribution in [0.15, 0.2) is 47.8 Å². The summed E-state index contributed by atoms with van der Waals surface area (Å²) in [6, 6.07) is 8.85. The van der Waals surface area contributed by atoms with Crippen molar-refractivity contribution in [3.8, 4) is 0 Å². The molecule has 1 saturated heterocycles. The maximum atomic E-state index is 12.8. The lowest BCUT2D eigenvalue weighted by Gasteiger charge is -2.35. The molecule has 1 aliphatic heterocycles. The number of hydrogen-bond acceptors (Lipinski definition) is 5. The SMILES string of the molecule is O=C(CSc1c[nH]c2ccccc12)N1CCN(c2cc(C(F)(F)F)ncn2)CC1. The number of para-hydroxylation sites is 1. The van der Waals surface area contributed by atoms with Crippen LogP contribution in [0.1, 0.15) is 5.69 Å². The number of benzene rings is 1. The van der Waals surface area contributed by atoms with E-state index in [0.717, 1.165) is 28.2 Å². The van der Waals surface area contributed by atoms with Gasteiger partial charge in [0.1, 0.15) is 17.8 Å². The van der Waals surface area contributed by atoms with Gasteiger partial charge in [-0.05, 0) is 6.07 Å². The number of rotatable bonds is 4. The molecule has 3 aromatic rings. The standard InChI is InChI=1S/C19H18F3N5OS/c20-19(21,22)16-9-17(25-12-24-16)26-5-7-27(8-6-26)18(28)11-29-15-10-23-14-4-2-1-3-13(14)15/h1-4,9-10,12,23H,5-8,11H2. The Labute approximate surface area is 169 Å². The molecule has 1 aromatic carbocycles. The number of amides is 1. The molecule has 10 heteroatoms. The van der Waals surface area contributed by atoms with Gasteiger partial charge in [0.25, 0.3) is 0 Å². The molecule has 0 bridgehead atoms. The number of aromatic amines is 1. The van der Waals surface area contributed by atoms with Gasteiger partial charge in [0.15, 0.2) is 0 Å². The number of anilines is 1. The van der Waals surface area contributed by atoms with Crippen LogP contribution >= 0.6 is 11.8 Å². The minimum atomic E-state index is -4.50. The number of halogens is 3. The van der Waals surface area contributed by atoms with Crippen LogP contribution in [0.2, 0.25) is 0 Å². The van der Waals surface area contributed by atoms with Gasteiger partial charge in [-0.25, -0.2) is 9.97 Å². The lowest BCUT2D eigenvalue weighted by molar-refractivity contribution is -0.141. The normalized spacial score (nSPS) is 15.1. The van der Waals surface area contributed by atoms with Crippen LogP contribution in [0, 0.1) is 0 Å². The molecule has 0 aliphatic carbocycles. The minimum Gasteiger partial charge on any atom is -0.360 e. The van der Waals surface area contributed by atoms with E-state index in [2.05, 4.69) is 15.0 Å². The average Bonchev–Trinajstić information content (AvgIpc) is 3.15. The van der Waals surface area contributed by atoms with Gasteiger partial charge >= 0.3 is 6.18 Å². The molecule has 3 heterocycles. The van der Waals surface area contributed by atoms with Gasteiger partial charge in [0.2, 0.25) is 5.91 Å². The van der Waals surface area contributed by atoms with E-state index < -0.39 is 11.9 Å². The Kier molecular flexibility index (Phi) is 5.35. The highest BCUT2D eigenvalue weighted by molar-refractivity contribution is 8.00. The number of H-pyrrole nitrogens is 1. The number of carbonyl (C=O) groups is 1. The molecule has 1 aliphatic rings. The Hall–Kier alpha value is -2.75. The zero-order valence-electron chi connectivity index (χ0n) is 15.3. The van der Waals surface area contributed by atoms with E-state index in [-0.39, 0.29) is 11.7 Å². The van der Waals surface area contributed by atoms with Gasteiger partial charge in [-0.15, -0.1) is 11.8 Å². The van der Waals surface area contributed by atoms with E-state index in [4.69, 9.17) is 0 Å². The fraction of sp³-hybridized carbons (Fsp3) is 0.316. The van der Waals surface area contributed by atoms with Crippen molar-refractivity contribution in [3.05, 3.63) is 48.5 Å². The van der Waals surface area contributed by atoms with Gasteiger partial charge in [0.05, 0.1) is 5.75 Å².